The van der Waals surface area contributed by atoms with E-state index in [1.165, 1.54) is 25.7 Å². The van der Waals surface area contributed by atoms with Crippen molar-refractivity contribution >= 4 is 35.8 Å². The van der Waals surface area contributed by atoms with Gasteiger partial charge in [-0.3, -0.25) is 9.79 Å². The molecular weight excluding hydrogens is 467 g/mol. The molecule has 0 aromatic carbocycles. The summed E-state index contributed by atoms with van der Waals surface area (Å²) in [5.74, 6) is 2.40. The molecule has 0 aromatic rings. The number of nitrogens with zero attached hydrogens (tertiary/aromatic N) is 2. The molecule has 0 radical (unpaired) electrons. The summed E-state index contributed by atoms with van der Waals surface area (Å²) in [7, 11) is 1.72. The molecule has 1 aliphatic carbocycles. The quantitative estimate of drug-likeness (QED) is 0.285. The number of amides is 1. The number of hydrogen-bond acceptors (Lipinski definition) is 3. The number of carbonyl (C=O) groups is 1. The van der Waals surface area contributed by atoms with Crippen LogP contribution in [0.25, 0.3) is 0 Å². The normalized spacial score (nSPS) is 20.0. The molecule has 1 amide bonds. The highest BCUT2D eigenvalue weighted by atomic mass is 127. The molecule has 2 N–H and O–H groups in total. The topological polar surface area (TPSA) is 66.0 Å². The lowest BCUT2D eigenvalue weighted by Gasteiger charge is -2.34. The summed E-state index contributed by atoms with van der Waals surface area (Å²) in [6.07, 6.45) is 9.47. The first kappa shape index (κ1) is 25.5. The van der Waals surface area contributed by atoms with Gasteiger partial charge >= 0.3 is 0 Å². The first-order valence-electron chi connectivity index (χ1n) is 11.0. The molecular formula is C21H41IN4O2. The minimum atomic E-state index is 0. The molecule has 164 valence electrons. The van der Waals surface area contributed by atoms with Gasteiger partial charge in [-0.05, 0) is 57.8 Å². The molecule has 7 heteroatoms. The monoisotopic (exact) mass is 508 g/mol. The predicted octanol–water partition coefficient (Wildman–Crippen LogP) is 3.40. The third kappa shape index (κ3) is 8.43. The summed E-state index contributed by atoms with van der Waals surface area (Å²) in [5, 5.41) is 6.19. The van der Waals surface area contributed by atoms with Crippen LogP contribution in [0.4, 0.5) is 0 Å². The van der Waals surface area contributed by atoms with Crippen LogP contribution in [0.1, 0.15) is 65.2 Å². The number of aliphatic imine (C=N–C) groups is 1. The molecule has 0 aromatic heterocycles. The molecule has 6 nitrogen and oxygen atoms in total. The number of rotatable bonds is 9. The van der Waals surface area contributed by atoms with Crippen molar-refractivity contribution in [3.05, 3.63) is 0 Å². The van der Waals surface area contributed by atoms with Crippen LogP contribution in [-0.4, -0.2) is 62.7 Å². The average Bonchev–Trinajstić information content (AvgIpc) is 3.22. The fourth-order valence-electron chi connectivity index (χ4n) is 4.44. The summed E-state index contributed by atoms with van der Waals surface area (Å²) in [5.41, 5.74) is 0. The van der Waals surface area contributed by atoms with E-state index in [2.05, 4.69) is 29.4 Å². The standard InChI is InChI=1S/C21H40N4O2.HI/c1-4-23-21(25-14-11-17(12-15-25)16-20(26)22-3)24-13-10-19(27-5-2)18-8-6-7-9-18;/h17-19H,4-16H2,1-3H3,(H,22,26)(H,23,24);1H. The highest BCUT2D eigenvalue weighted by Crippen LogP contribution is 2.30. The third-order valence-electron chi connectivity index (χ3n) is 5.98. The van der Waals surface area contributed by atoms with Crippen molar-refractivity contribution in [3.8, 4) is 0 Å². The van der Waals surface area contributed by atoms with Gasteiger partial charge in [0.05, 0.1) is 6.10 Å². The van der Waals surface area contributed by atoms with Gasteiger partial charge in [0.25, 0.3) is 0 Å². The van der Waals surface area contributed by atoms with E-state index >= 15 is 0 Å². The zero-order valence-electron chi connectivity index (χ0n) is 18.0. The molecule has 0 bridgehead atoms. The zero-order valence-corrected chi connectivity index (χ0v) is 20.4. The largest absolute Gasteiger partial charge is 0.378 e. The molecule has 1 saturated carbocycles. The van der Waals surface area contributed by atoms with Crippen LogP contribution in [-0.2, 0) is 9.53 Å². The maximum absolute atomic E-state index is 11.6. The van der Waals surface area contributed by atoms with Gasteiger partial charge in [-0.15, -0.1) is 24.0 Å². The van der Waals surface area contributed by atoms with E-state index in [0.29, 0.717) is 18.4 Å². The van der Waals surface area contributed by atoms with Gasteiger partial charge in [-0.1, -0.05) is 12.8 Å². The minimum absolute atomic E-state index is 0. The summed E-state index contributed by atoms with van der Waals surface area (Å²) in [6, 6.07) is 0. The van der Waals surface area contributed by atoms with E-state index in [9.17, 15) is 4.79 Å². The summed E-state index contributed by atoms with van der Waals surface area (Å²) >= 11 is 0. The second-order valence-corrected chi connectivity index (χ2v) is 7.87. The number of carbonyl (C=O) groups excluding carboxylic acids is 1. The average molecular weight is 508 g/mol. The third-order valence-corrected chi connectivity index (χ3v) is 5.98. The van der Waals surface area contributed by atoms with Crippen LogP contribution in [0.15, 0.2) is 4.99 Å². The van der Waals surface area contributed by atoms with Crippen molar-refractivity contribution in [3.63, 3.8) is 0 Å². The van der Waals surface area contributed by atoms with Crippen molar-refractivity contribution in [2.24, 2.45) is 16.8 Å². The first-order valence-corrected chi connectivity index (χ1v) is 11.0. The molecule has 2 fully saturated rings. The lowest BCUT2D eigenvalue weighted by atomic mass is 9.93. The Morgan fingerprint density at radius 2 is 1.86 bits per heavy atom. The Bertz CT molecular complexity index is 461. The highest BCUT2D eigenvalue weighted by Gasteiger charge is 2.26. The lowest BCUT2D eigenvalue weighted by Crippen LogP contribution is -2.46. The van der Waals surface area contributed by atoms with E-state index in [0.717, 1.165) is 63.9 Å². The fourth-order valence-corrected chi connectivity index (χ4v) is 4.44. The Morgan fingerprint density at radius 1 is 1.18 bits per heavy atom. The number of piperidine rings is 1. The summed E-state index contributed by atoms with van der Waals surface area (Å²) in [6.45, 7) is 8.67. The number of likely N-dealkylation sites (tertiary alicyclic amines) is 1. The van der Waals surface area contributed by atoms with E-state index in [1.54, 1.807) is 7.05 Å². The molecule has 2 rings (SSSR count). The van der Waals surface area contributed by atoms with E-state index < -0.39 is 0 Å². The van der Waals surface area contributed by atoms with Gasteiger partial charge in [0.2, 0.25) is 5.91 Å². The predicted molar refractivity (Wildman–Crippen MR) is 126 cm³/mol. The van der Waals surface area contributed by atoms with Crippen molar-refractivity contribution in [2.75, 3.05) is 39.8 Å². The van der Waals surface area contributed by atoms with Crippen LogP contribution in [0.2, 0.25) is 0 Å². The molecule has 1 saturated heterocycles. The second-order valence-electron chi connectivity index (χ2n) is 7.87. The van der Waals surface area contributed by atoms with Gasteiger partial charge in [0.1, 0.15) is 0 Å². The smallest absolute Gasteiger partial charge is 0.220 e. The van der Waals surface area contributed by atoms with E-state index in [-0.39, 0.29) is 29.9 Å². The number of ether oxygens (including phenoxy) is 1. The van der Waals surface area contributed by atoms with Gasteiger partial charge in [-0.25, -0.2) is 0 Å². The van der Waals surface area contributed by atoms with Crippen molar-refractivity contribution in [1.29, 1.82) is 0 Å². The number of guanidine groups is 1. The van der Waals surface area contributed by atoms with Crippen molar-refractivity contribution < 1.29 is 9.53 Å². The molecule has 1 heterocycles. The van der Waals surface area contributed by atoms with Crippen LogP contribution in [0.5, 0.6) is 0 Å². The van der Waals surface area contributed by atoms with Crippen molar-refractivity contribution in [2.45, 2.75) is 71.3 Å². The maximum atomic E-state index is 11.6. The van der Waals surface area contributed by atoms with Crippen LogP contribution >= 0.6 is 24.0 Å². The van der Waals surface area contributed by atoms with E-state index in [4.69, 9.17) is 9.73 Å². The first-order chi connectivity index (χ1) is 13.2. The summed E-state index contributed by atoms with van der Waals surface area (Å²) < 4.78 is 6.03. The Kier molecular flexibility index (Phi) is 13.1. The molecule has 28 heavy (non-hydrogen) atoms. The Labute approximate surface area is 188 Å². The van der Waals surface area contributed by atoms with Crippen LogP contribution < -0.4 is 10.6 Å². The van der Waals surface area contributed by atoms with Crippen LogP contribution in [0, 0.1) is 11.8 Å². The highest BCUT2D eigenvalue weighted by molar-refractivity contribution is 14.0. The molecule has 1 atom stereocenters. The number of hydrogen-bond donors (Lipinski definition) is 2. The van der Waals surface area contributed by atoms with Crippen LogP contribution in [0.3, 0.4) is 0 Å². The SMILES string of the molecule is CCNC(=NCCC(OCC)C1CCCC1)N1CCC(CC(=O)NC)CC1.I. The molecule has 2 aliphatic rings. The Morgan fingerprint density at radius 3 is 2.43 bits per heavy atom. The minimum Gasteiger partial charge on any atom is -0.378 e. The summed E-state index contributed by atoms with van der Waals surface area (Å²) in [4.78, 5) is 18.9. The number of nitrogens with one attached hydrogen (secondary N) is 2. The van der Waals surface area contributed by atoms with Gasteiger partial charge < -0.3 is 20.3 Å². The van der Waals surface area contributed by atoms with Gasteiger partial charge in [-0.2, -0.15) is 0 Å². The number of halogens is 1. The zero-order chi connectivity index (χ0) is 19.5. The fraction of sp³-hybridized carbons (Fsp3) is 0.905. The Balaban J connectivity index is 0.00000392. The molecule has 0 spiro atoms. The second kappa shape index (κ2) is 14.4. The Hall–Kier alpha value is -0.570. The van der Waals surface area contributed by atoms with E-state index in [1.807, 2.05) is 0 Å². The van der Waals surface area contributed by atoms with Crippen molar-refractivity contribution in [1.82, 2.24) is 15.5 Å². The van der Waals surface area contributed by atoms with Gasteiger partial charge in [0.15, 0.2) is 5.96 Å². The molecule has 1 unspecified atom stereocenters. The molecule has 1 aliphatic heterocycles. The maximum Gasteiger partial charge on any atom is 0.220 e. The lowest BCUT2D eigenvalue weighted by molar-refractivity contribution is -0.121. The van der Waals surface area contributed by atoms with Gasteiger partial charge in [0, 0.05) is 46.3 Å².